The fourth-order valence-electron chi connectivity index (χ4n) is 2.80. The van der Waals surface area contributed by atoms with Crippen LogP contribution in [-0.4, -0.2) is 50.9 Å². The van der Waals surface area contributed by atoms with Gasteiger partial charge in [-0.2, -0.15) is 0 Å². The Morgan fingerprint density at radius 1 is 1.14 bits per heavy atom. The first-order chi connectivity index (χ1) is 14.0. The monoisotopic (exact) mass is 402 g/mol. The van der Waals surface area contributed by atoms with Crippen LogP contribution in [0.3, 0.4) is 0 Å². The number of para-hydroxylation sites is 1. The highest BCUT2D eigenvalue weighted by molar-refractivity contribution is 5.95. The van der Waals surface area contributed by atoms with E-state index in [9.17, 15) is 14.0 Å². The van der Waals surface area contributed by atoms with Crippen LogP contribution in [0.5, 0.6) is 5.75 Å². The number of halogens is 1. The highest BCUT2D eigenvalue weighted by Crippen LogP contribution is 2.19. The number of esters is 1. The van der Waals surface area contributed by atoms with Gasteiger partial charge < -0.3 is 24.4 Å². The lowest BCUT2D eigenvalue weighted by Crippen LogP contribution is -2.36. The Morgan fingerprint density at radius 3 is 2.52 bits per heavy atom. The minimum atomic E-state index is -1.02. The first-order valence-corrected chi connectivity index (χ1v) is 9.33. The van der Waals surface area contributed by atoms with Gasteiger partial charge in [0.05, 0.1) is 13.2 Å². The van der Waals surface area contributed by atoms with E-state index in [1.165, 1.54) is 25.1 Å². The Balaban J connectivity index is 1.45. The third-order valence-electron chi connectivity index (χ3n) is 4.37. The minimum absolute atomic E-state index is 0.0538. The summed E-state index contributed by atoms with van der Waals surface area (Å²) < 4.78 is 28.9. The lowest BCUT2D eigenvalue weighted by Gasteiger charge is -2.28. The Kier molecular flexibility index (Phi) is 7.02. The molecule has 0 aromatic heterocycles. The molecular formula is C21H23FN2O5. The maximum Gasteiger partial charge on any atom is 0.344 e. The van der Waals surface area contributed by atoms with Crippen molar-refractivity contribution >= 4 is 23.3 Å². The molecule has 0 bridgehead atoms. The predicted molar refractivity (Wildman–Crippen MR) is 106 cm³/mol. The summed E-state index contributed by atoms with van der Waals surface area (Å²) in [5.74, 6) is -1.87. The molecule has 1 N–H and O–H groups in total. The van der Waals surface area contributed by atoms with Crippen molar-refractivity contribution < 1.29 is 28.2 Å². The largest absolute Gasteiger partial charge is 0.479 e. The average molecular weight is 402 g/mol. The van der Waals surface area contributed by atoms with Gasteiger partial charge in [-0.25, -0.2) is 9.18 Å². The molecule has 1 atom stereocenters. The Hall–Kier alpha value is -3.13. The Bertz CT molecular complexity index is 837. The van der Waals surface area contributed by atoms with Gasteiger partial charge in [0.15, 0.2) is 24.3 Å². The highest BCUT2D eigenvalue weighted by Gasteiger charge is 2.19. The standard InChI is InChI=1S/C21H23FN2O5/c1-15(29-20(25)14-28-19-5-3-2-4-18(19)22)21(26)23-16-6-8-17(9-7-16)24-10-12-27-13-11-24/h2-9,15H,10-14H2,1H3,(H,23,26)/t15-/m1/s1. The molecule has 1 heterocycles. The summed E-state index contributed by atoms with van der Waals surface area (Å²) in [5, 5.41) is 2.70. The lowest BCUT2D eigenvalue weighted by molar-refractivity contribution is -0.155. The average Bonchev–Trinajstić information content (AvgIpc) is 2.74. The van der Waals surface area contributed by atoms with Crippen LogP contribution in [0.15, 0.2) is 48.5 Å². The Labute approximate surface area is 168 Å². The number of hydrogen-bond donors (Lipinski definition) is 1. The maximum atomic E-state index is 13.5. The fourth-order valence-corrected chi connectivity index (χ4v) is 2.80. The van der Waals surface area contributed by atoms with E-state index < -0.39 is 30.4 Å². The van der Waals surface area contributed by atoms with Gasteiger partial charge in [-0.05, 0) is 43.3 Å². The number of hydrogen-bond acceptors (Lipinski definition) is 6. The number of carbonyl (C=O) groups is 2. The molecule has 7 nitrogen and oxygen atoms in total. The van der Waals surface area contributed by atoms with Crippen molar-refractivity contribution in [2.45, 2.75) is 13.0 Å². The maximum absolute atomic E-state index is 13.5. The van der Waals surface area contributed by atoms with Crippen LogP contribution in [0.1, 0.15) is 6.92 Å². The minimum Gasteiger partial charge on any atom is -0.479 e. The van der Waals surface area contributed by atoms with Crippen molar-refractivity contribution in [3.05, 3.63) is 54.3 Å². The van der Waals surface area contributed by atoms with Gasteiger partial charge in [0.2, 0.25) is 0 Å². The topological polar surface area (TPSA) is 77.1 Å². The molecule has 8 heteroatoms. The number of nitrogens with one attached hydrogen (secondary N) is 1. The molecule has 2 aromatic rings. The number of amides is 1. The molecule has 29 heavy (non-hydrogen) atoms. The number of carbonyl (C=O) groups excluding carboxylic acids is 2. The second kappa shape index (κ2) is 9.88. The van der Waals surface area contributed by atoms with Crippen molar-refractivity contribution in [3.8, 4) is 5.75 Å². The van der Waals surface area contributed by atoms with Crippen molar-refractivity contribution in [1.82, 2.24) is 0 Å². The molecule has 1 aliphatic rings. The van der Waals surface area contributed by atoms with E-state index in [0.717, 1.165) is 18.8 Å². The zero-order valence-electron chi connectivity index (χ0n) is 16.1. The molecule has 154 valence electrons. The van der Waals surface area contributed by atoms with Gasteiger partial charge in [0, 0.05) is 24.5 Å². The number of rotatable bonds is 7. The van der Waals surface area contributed by atoms with Gasteiger partial charge in [0.25, 0.3) is 5.91 Å². The Morgan fingerprint density at radius 2 is 1.83 bits per heavy atom. The van der Waals surface area contributed by atoms with Crippen molar-refractivity contribution in [3.63, 3.8) is 0 Å². The van der Waals surface area contributed by atoms with Crippen LogP contribution in [0.2, 0.25) is 0 Å². The molecule has 0 unspecified atom stereocenters. The highest BCUT2D eigenvalue weighted by atomic mass is 19.1. The summed E-state index contributed by atoms with van der Waals surface area (Å²) in [6.07, 6.45) is -1.02. The third-order valence-corrected chi connectivity index (χ3v) is 4.37. The van der Waals surface area contributed by atoms with Gasteiger partial charge >= 0.3 is 5.97 Å². The summed E-state index contributed by atoms with van der Waals surface area (Å²) in [7, 11) is 0. The molecule has 0 radical (unpaired) electrons. The normalized spacial score (nSPS) is 14.8. The molecule has 1 saturated heterocycles. The van der Waals surface area contributed by atoms with Crippen molar-refractivity contribution in [2.75, 3.05) is 43.1 Å². The third kappa shape index (κ3) is 5.92. The quantitative estimate of drug-likeness (QED) is 0.718. The fraction of sp³-hybridized carbons (Fsp3) is 0.333. The van der Waals surface area contributed by atoms with Crippen LogP contribution in [-0.2, 0) is 19.1 Å². The number of benzene rings is 2. The number of morpholine rings is 1. The van der Waals surface area contributed by atoms with Crippen LogP contribution >= 0.6 is 0 Å². The van der Waals surface area contributed by atoms with Crippen LogP contribution in [0.4, 0.5) is 15.8 Å². The van der Waals surface area contributed by atoms with Crippen LogP contribution < -0.4 is 15.0 Å². The van der Waals surface area contributed by atoms with Crippen LogP contribution in [0, 0.1) is 5.82 Å². The molecular weight excluding hydrogens is 379 g/mol. The van der Waals surface area contributed by atoms with Gasteiger partial charge in [-0.15, -0.1) is 0 Å². The van der Waals surface area contributed by atoms with Gasteiger partial charge in [-0.3, -0.25) is 4.79 Å². The van der Waals surface area contributed by atoms with E-state index in [0.29, 0.717) is 18.9 Å². The first-order valence-electron chi connectivity index (χ1n) is 9.33. The van der Waals surface area contributed by atoms with Crippen LogP contribution in [0.25, 0.3) is 0 Å². The van der Waals surface area contributed by atoms with E-state index in [-0.39, 0.29) is 5.75 Å². The molecule has 1 amide bonds. The molecule has 1 fully saturated rings. The van der Waals surface area contributed by atoms with E-state index in [4.69, 9.17) is 14.2 Å². The molecule has 0 saturated carbocycles. The van der Waals surface area contributed by atoms with E-state index >= 15 is 0 Å². The second-order valence-electron chi connectivity index (χ2n) is 6.49. The lowest BCUT2D eigenvalue weighted by atomic mass is 10.2. The number of anilines is 2. The van der Waals surface area contributed by atoms with E-state index in [1.54, 1.807) is 18.2 Å². The van der Waals surface area contributed by atoms with Gasteiger partial charge in [-0.1, -0.05) is 12.1 Å². The predicted octanol–water partition coefficient (Wildman–Crippen LogP) is 2.61. The molecule has 3 rings (SSSR count). The molecule has 0 aliphatic carbocycles. The summed E-state index contributed by atoms with van der Waals surface area (Å²) in [6.45, 7) is 4.01. The second-order valence-corrected chi connectivity index (χ2v) is 6.49. The smallest absolute Gasteiger partial charge is 0.344 e. The SMILES string of the molecule is C[C@@H](OC(=O)COc1ccccc1F)C(=O)Nc1ccc(N2CCOCC2)cc1. The summed E-state index contributed by atoms with van der Waals surface area (Å²) in [5.41, 5.74) is 1.65. The summed E-state index contributed by atoms with van der Waals surface area (Å²) in [4.78, 5) is 26.3. The molecule has 0 spiro atoms. The summed E-state index contributed by atoms with van der Waals surface area (Å²) in [6, 6.07) is 13.1. The van der Waals surface area contributed by atoms with E-state index in [1.807, 2.05) is 12.1 Å². The molecule has 2 aromatic carbocycles. The number of ether oxygens (including phenoxy) is 3. The zero-order valence-corrected chi connectivity index (χ0v) is 16.1. The van der Waals surface area contributed by atoms with E-state index in [2.05, 4.69) is 10.2 Å². The van der Waals surface area contributed by atoms with Gasteiger partial charge in [0.1, 0.15) is 0 Å². The number of nitrogens with zero attached hydrogens (tertiary/aromatic N) is 1. The van der Waals surface area contributed by atoms with Crippen molar-refractivity contribution in [1.29, 1.82) is 0 Å². The van der Waals surface area contributed by atoms with Crippen molar-refractivity contribution in [2.24, 2.45) is 0 Å². The first kappa shape index (κ1) is 20.6. The molecule has 1 aliphatic heterocycles. The zero-order chi connectivity index (χ0) is 20.6. The summed E-state index contributed by atoms with van der Waals surface area (Å²) >= 11 is 0.